The molecular formula is C11H9ClFN3O. The predicted octanol–water partition coefficient (Wildman–Crippen LogP) is 2.62. The third-order valence-corrected chi connectivity index (χ3v) is 2.39. The number of carbonyl (C=O) groups is 1. The summed E-state index contributed by atoms with van der Waals surface area (Å²) >= 11 is 5.98. The first-order valence-corrected chi connectivity index (χ1v) is 5.23. The molecule has 1 N–H and O–H groups in total. The van der Waals surface area contributed by atoms with Crippen LogP contribution < -0.4 is 5.32 Å². The average Bonchev–Trinajstić information content (AvgIpc) is 2.67. The number of benzene rings is 1. The van der Waals surface area contributed by atoms with Crippen LogP contribution in [0, 0.1) is 5.95 Å². The molecule has 0 saturated carbocycles. The zero-order valence-corrected chi connectivity index (χ0v) is 9.70. The Bertz CT molecular complexity index is 568. The van der Waals surface area contributed by atoms with E-state index in [0.29, 0.717) is 16.4 Å². The molecule has 4 nitrogen and oxygen atoms in total. The van der Waals surface area contributed by atoms with E-state index in [4.69, 9.17) is 11.6 Å². The van der Waals surface area contributed by atoms with Gasteiger partial charge >= 0.3 is 0 Å². The quantitative estimate of drug-likeness (QED) is 0.894. The second-order valence-corrected chi connectivity index (χ2v) is 3.84. The summed E-state index contributed by atoms with van der Waals surface area (Å²) in [4.78, 5) is 10.9. The minimum Gasteiger partial charge on any atom is -0.326 e. The summed E-state index contributed by atoms with van der Waals surface area (Å²) in [5, 5.41) is 6.65. The van der Waals surface area contributed by atoms with Gasteiger partial charge in [0.25, 0.3) is 0 Å². The molecule has 0 unspecified atom stereocenters. The summed E-state index contributed by atoms with van der Waals surface area (Å²) in [5.41, 5.74) is 1.08. The Kier molecular flexibility index (Phi) is 3.10. The molecule has 0 aliphatic heterocycles. The summed E-state index contributed by atoms with van der Waals surface area (Å²) in [6.45, 7) is 1.40. The van der Waals surface area contributed by atoms with Crippen molar-refractivity contribution in [3.63, 3.8) is 0 Å². The molecule has 0 saturated heterocycles. The number of nitrogens with one attached hydrogen (secondary N) is 1. The minimum absolute atomic E-state index is 0.190. The predicted molar refractivity (Wildman–Crippen MR) is 62.8 cm³/mol. The summed E-state index contributed by atoms with van der Waals surface area (Å²) in [5.74, 6) is -0.782. The highest BCUT2D eigenvalue weighted by atomic mass is 35.5. The third kappa shape index (κ3) is 2.62. The highest BCUT2D eigenvalue weighted by Gasteiger charge is 2.07. The van der Waals surface area contributed by atoms with Crippen molar-refractivity contribution in [2.75, 3.05) is 5.32 Å². The molecule has 1 heterocycles. The third-order valence-electron chi connectivity index (χ3n) is 2.07. The Morgan fingerprint density at radius 1 is 1.47 bits per heavy atom. The van der Waals surface area contributed by atoms with E-state index in [1.807, 2.05) is 0 Å². The summed E-state index contributed by atoms with van der Waals surface area (Å²) in [6, 6.07) is 6.12. The fraction of sp³-hybridized carbons (Fsp3) is 0.0909. The lowest BCUT2D eigenvalue weighted by atomic mass is 10.2. The van der Waals surface area contributed by atoms with Gasteiger partial charge in [-0.15, -0.1) is 5.10 Å². The molecular weight excluding hydrogens is 245 g/mol. The monoisotopic (exact) mass is 253 g/mol. The number of carbonyl (C=O) groups excluding carboxylic acids is 1. The van der Waals surface area contributed by atoms with Crippen molar-refractivity contribution in [3.05, 3.63) is 41.4 Å². The van der Waals surface area contributed by atoms with E-state index in [1.165, 1.54) is 23.9 Å². The van der Waals surface area contributed by atoms with Gasteiger partial charge in [0, 0.05) is 24.9 Å². The van der Waals surface area contributed by atoms with Gasteiger partial charge in [0.2, 0.25) is 11.9 Å². The molecule has 1 amide bonds. The number of aromatic nitrogens is 2. The first-order chi connectivity index (χ1) is 8.06. The lowest BCUT2D eigenvalue weighted by Gasteiger charge is -2.07. The molecule has 1 aromatic heterocycles. The molecule has 0 aliphatic rings. The number of amides is 1. The van der Waals surface area contributed by atoms with Crippen LogP contribution in [0.25, 0.3) is 5.69 Å². The number of hydrogen-bond acceptors (Lipinski definition) is 2. The Hall–Kier alpha value is -1.88. The van der Waals surface area contributed by atoms with E-state index in [-0.39, 0.29) is 5.91 Å². The van der Waals surface area contributed by atoms with Crippen LogP contribution in [0.15, 0.2) is 30.5 Å². The van der Waals surface area contributed by atoms with Gasteiger partial charge in [-0.1, -0.05) is 11.6 Å². The van der Waals surface area contributed by atoms with E-state index in [1.54, 1.807) is 18.2 Å². The molecule has 0 spiro atoms. The van der Waals surface area contributed by atoms with Crippen molar-refractivity contribution >= 4 is 23.2 Å². The van der Waals surface area contributed by atoms with Crippen molar-refractivity contribution in [2.24, 2.45) is 0 Å². The second-order valence-electron chi connectivity index (χ2n) is 3.43. The maximum atomic E-state index is 12.8. The molecule has 2 rings (SSSR count). The Morgan fingerprint density at radius 3 is 2.82 bits per heavy atom. The van der Waals surface area contributed by atoms with Crippen molar-refractivity contribution < 1.29 is 9.18 Å². The number of rotatable bonds is 2. The number of anilines is 1. The molecule has 1 aromatic carbocycles. The molecule has 0 bridgehead atoms. The first kappa shape index (κ1) is 11.6. The maximum absolute atomic E-state index is 12.8. The second kappa shape index (κ2) is 4.55. The zero-order chi connectivity index (χ0) is 12.4. The van der Waals surface area contributed by atoms with E-state index < -0.39 is 5.95 Å². The average molecular weight is 254 g/mol. The fourth-order valence-corrected chi connectivity index (χ4v) is 1.61. The highest BCUT2D eigenvalue weighted by Crippen LogP contribution is 2.23. The number of hydrogen-bond donors (Lipinski definition) is 1. The smallest absolute Gasteiger partial charge is 0.233 e. The van der Waals surface area contributed by atoms with Crippen molar-refractivity contribution in [1.82, 2.24) is 9.78 Å². The van der Waals surface area contributed by atoms with Gasteiger partial charge in [0.15, 0.2) is 0 Å². The van der Waals surface area contributed by atoms with Crippen LogP contribution in [-0.4, -0.2) is 15.7 Å². The van der Waals surface area contributed by atoms with Gasteiger partial charge in [-0.05, 0) is 18.2 Å². The van der Waals surface area contributed by atoms with E-state index in [0.717, 1.165) is 0 Å². The molecule has 88 valence electrons. The van der Waals surface area contributed by atoms with Crippen LogP contribution in [-0.2, 0) is 4.79 Å². The number of nitrogens with zero attached hydrogens (tertiary/aromatic N) is 2. The van der Waals surface area contributed by atoms with Gasteiger partial charge in [0.1, 0.15) is 0 Å². The summed E-state index contributed by atoms with van der Waals surface area (Å²) in [6.07, 6.45) is 1.45. The standard InChI is InChI=1S/C11H9ClFN3O/c1-7(17)14-8-2-3-9(12)10(6-8)16-5-4-11(13)15-16/h2-6H,1H3,(H,14,17). The van der Waals surface area contributed by atoms with Gasteiger partial charge < -0.3 is 5.32 Å². The summed E-state index contributed by atoms with van der Waals surface area (Å²) in [7, 11) is 0. The van der Waals surface area contributed by atoms with Crippen LogP contribution in [0.1, 0.15) is 6.92 Å². The lowest BCUT2D eigenvalue weighted by molar-refractivity contribution is -0.114. The van der Waals surface area contributed by atoms with Crippen LogP contribution in [0.5, 0.6) is 0 Å². The fourth-order valence-electron chi connectivity index (χ4n) is 1.41. The Labute approximate surface area is 102 Å². The van der Waals surface area contributed by atoms with Crippen LogP contribution in [0.4, 0.5) is 10.1 Å². The SMILES string of the molecule is CC(=O)Nc1ccc(Cl)c(-n2ccc(F)n2)c1. The normalized spacial score (nSPS) is 10.3. The van der Waals surface area contributed by atoms with Gasteiger partial charge in [-0.3, -0.25) is 4.79 Å². The zero-order valence-electron chi connectivity index (χ0n) is 8.95. The van der Waals surface area contributed by atoms with Crippen LogP contribution in [0.2, 0.25) is 5.02 Å². The van der Waals surface area contributed by atoms with Crippen molar-refractivity contribution in [2.45, 2.75) is 6.92 Å². The van der Waals surface area contributed by atoms with E-state index in [2.05, 4.69) is 10.4 Å². The van der Waals surface area contributed by atoms with Crippen molar-refractivity contribution in [3.8, 4) is 5.69 Å². The first-order valence-electron chi connectivity index (χ1n) is 4.85. The van der Waals surface area contributed by atoms with E-state index in [9.17, 15) is 9.18 Å². The highest BCUT2D eigenvalue weighted by molar-refractivity contribution is 6.32. The van der Waals surface area contributed by atoms with Gasteiger partial charge in [0.05, 0.1) is 10.7 Å². The largest absolute Gasteiger partial charge is 0.326 e. The Morgan fingerprint density at radius 2 is 2.24 bits per heavy atom. The maximum Gasteiger partial charge on any atom is 0.233 e. The molecule has 0 radical (unpaired) electrons. The lowest BCUT2D eigenvalue weighted by Crippen LogP contribution is -2.06. The van der Waals surface area contributed by atoms with Crippen LogP contribution in [0.3, 0.4) is 0 Å². The molecule has 0 atom stereocenters. The molecule has 0 aliphatic carbocycles. The number of halogens is 2. The topological polar surface area (TPSA) is 46.9 Å². The van der Waals surface area contributed by atoms with Gasteiger partial charge in [-0.2, -0.15) is 4.39 Å². The summed E-state index contributed by atoms with van der Waals surface area (Å²) < 4.78 is 14.1. The molecule has 17 heavy (non-hydrogen) atoms. The molecule has 2 aromatic rings. The molecule has 6 heteroatoms. The molecule has 0 fully saturated rings. The minimum atomic E-state index is -0.592. The van der Waals surface area contributed by atoms with E-state index >= 15 is 0 Å². The van der Waals surface area contributed by atoms with Crippen LogP contribution >= 0.6 is 11.6 Å². The van der Waals surface area contributed by atoms with Gasteiger partial charge in [-0.25, -0.2) is 4.68 Å². The van der Waals surface area contributed by atoms with Crippen molar-refractivity contribution in [1.29, 1.82) is 0 Å². The Balaban J connectivity index is 2.42.